The van der Waals surface area contributed by atoms with Crippen LogP contribution in [0.1, 0.15) is 18.2 Å². The fourth-order valence-corrected chi connectivity index (χ4v) is 2.36. The summed E-state index contributed by atoms with van der Waals surface area (Å²) in [5, 5.41) is 23.3. The summed E-state index contributed by atoms with van der Waals surface area (Å²) in [6.07, 6.45) is 3.10. The second-order valence-electron chi connectivity index (χ2n) is 5.72. The number of pyridine rings is 1. The first-order chi connectivity index (χ1) is 13.7. The SMILES string of the molecule is CCOc1ccc(N=C(NN=Cc2ccc(O)cc2O)c2ccccn2)cc1. The number of rotatable bonds is 6. The Morgan fingerprint density at radius 3 is 2.61 bits per heavy atom. The van der Waals surface area contributed by atoms with Crippen LogP contribution in [0.25, 0.3) is 0 Å². The molecular formula is C21H20N4O3. The van der Waals surface area contributed by atoms with Crippen molar-refractivity contribution in [2.45, 2.75) is 6.92 Å². The molecule has 0 spiro atoms. The normalized spacial score (nSPS) is 11.5. The molecule has 3 rings (SSSR count). The maximum absolute atomic E-state index is 9.85. The molecule has 0 saturated heterocycles. The Morgan fingerprint density at radius 1 is 1.11 bits per heavy atom. The molecule has 0 atom stereocenters. The standard InChI is InChI=1S/C21H20N4O3/c1-2-28-18-10-7-16(8-11-18)24-21(19-5-3-4-12-22-19)25-23-14-15-6-9-17(26)13-20(15)27/h3-14,26-27H,2H2,1H3,(H,24,25). The highest BCUT2D eigenvalue weighted by Gasteiger charge is 2.05. The highest BCUT2D eigenvalue weighted by molar-refractivity contribution is 5.99. The summed E-state index contributed by atoms with van der Waals surface area (Å²) in [6, 6.07) is 17.1. The molecule has 0 aliphatic heterocycles. The molecule has 0 amide bonds. The molecule has 0 fully saturated rings. The van der Waals surface area contributed by atoms with Gasteiger partial charge in [0.2, 0.25) is 0 Å². The molecule has 1 heterocycles. The van der Waals surface area contributed by atoms with Gasteiger partial charge in [0.25, 0.3) is 0 Å². The minimum atomic E-state index is -0.0756. The first kappa shape index (κ1) is 18.9. The number of hydrogen-bond donors (Lipinski definition) is 3. The lowest BCUT2D eigenvalue weighted by Gasteiger charge is -2.07. The van der Waals surface area contributed by atoms with Gasteiger partial charge in [-0.1, -0.05) is 6.07 Å². The number of phenolic OH excluding ortho intramolecular Hbond substituents is 2. The molecule has 0 bridgehead atoms. The zero-order valence-corrected chi connectivity index (χ0v) is 15.3. The lowest BCUT2D eigenvalue weighted by atomic mass is 10.2. The summed E-state index contributed by atoms with van der Waals surface area (Å²) >= 11 is 0. The fraction of sp³-hybridized carbons (Fsp3) is 0.0952. The number of aliphatic imine (C=N–C) groups is 1. The van der Waals surface area contributed by atoms with Crippen LogP contribution in [0.5, 0.6) is 17.2 Å². The molecule has 0 aliphatic rings. The van der Waals surface area contributed by atoms with Gasteiger partial charge in [0.05, 0.1) is 18.5 Å². The van der Waals surface area contributed by atoms with Crippen LogP contribution in [0.3, 0.4) is 0 Å². The van der Waals surface area contributed by atoms with Crippen LogP contribution >= 0.6 is 0 Å². The third-order valence-corrected chi connectivity index (χ3v) is 3.68. The summed E-state index contributed by atoms with van der Waals surface area (Å²) in [5.41, 5.74) is 4.64. The number of hydrazone groups is 1. The third kappa shape index (κ3) is 5.07. The average Bonchev–Trinajstić information content (AvgIpc) is 2.71. The van der Waals surface area contributed by atoms with Gasteiger partial charge in [-0.25, -0.2) is 4.99 Å². The number of amidine groups is 1. The van der Waals surface area contributed by atoms with E-state index in [-0.39, 0.29) is 11.5 Å². The Balaban J connectivity index is 1.84. The molecule has 0 unspecified atom stereocenters. The number of hydrogen-bond acceptors (Lipinski definition) is 6. The van der Waals surface area contributed by atoms with E-state index in [2.05, 4.69) is 20.5 Å². The Labute approximate surface area is 162 Å². The number of benzene rings is 2. The highest BCUT2D eigenvalue weighted by atomic mass is 16.5. The van der Waals surface area contributed by atoms with Gasteiger partial charge in [0.1, 0.15) is 22.9 Å². The molecule has 2 aromatic carbocycles. The van der Waals surface area contributed by atoms with Gasteiger partial charge < -0.3 is 14.9 Å². The van der Waals surface area contributed by atoms with E-state index in [4.69, 9.17) is 4.74 Å². The topological polar surface area (TPSA) is 99.3 Å². The van der Waals surface area contributed by atoms with E-state index in [1.165, 1.54) is 18.3 Å². The largest absolute Gasteiger partial charge is 0.508 e. The van der Waals surface area contributed by atoms with Crippen LogP contribution in [0, 0.1) is 0 Å². The average molecular weight is 376 g/mol. The van der Waals surface area contributed by atoms with Crippen molar-refractivity contribution < 1.29 is 14.9 Å². The van der Waals surface area contributed by atoms with Crippen molar-refractivity contribution in [3.8, 4) is 17.2 Å². The molecule has 7 heteroatoms. The lowest BCUT2D eigenvalue weighted by molar-refractivity contribution is 0.340. The number of nitrogens with zero attached hydrogens (tertiary/aromatic N) is 3. The smallest absolute Gasteiger partial charge is 0.172 e. The van der Waals surface area contributed by atoms with E-state index in [1.54, 1.807) is 12.3 Å². The van der Waals surface area contributed by atoms with Crippen molar-refractivity contribution in [2.24, 2.45) is 10.1 Å². The summed E-state index contributed by atoms with van der Waals surface area (Å²) in [4.78, 5) is 8.87. The summed E-state index contributed by atoms with van der Waals surface area (Å²) in [5.74, 6) is 1.12. The molecule has 1 aromatic heterocycles. The van der Waals surface area contributed by atoms with Crippen molar-refractivity contribution in [1.82, 2.24) is 10.4 Å². The summed E-state index contributed by atoms with van der Waals surface area (Å²) in [6.45, 7) is 2.53. The monoisotopic (exact) mass is 376 g/mol. The zero-order chi connectivity index (χ0) is 19.8. The maximum Gasteiger partial charge on any atom is 0.172 e. The van der Waals surface area contributed by atoms with Gasteiger partial charge >= 0.3 is 0 Å². The maximum atomic E-state index is 9.85. The number of ether oxygens (including phenoxy) is 1. The molecule has 0 aliphatic carbocycles. The number of phenols is 2. The van der Waals surface area contributed by atoms with Gasteiger partial charge in [-0.15, -0.1) is 0 Å². The quantitative estimate of drug-likeness (QED) is 0.347. The third-order valence-electron chi connectivity index (χ3n) is 3.68. The zero-order valence-electron chi connectivity index (χ0n) is 15.3. The molecule has 0 saturated carbocycles. The van der Waals surface area contributed by atoms with Crippen molar-refractivity contribution in [1.29, 1.82) is 0 Å². The summed E-state index contributed by atoms with van der Waals surface area (Å²) in [7, 11) is 0. The molecule has 7 nitrogen and oxygen atoms in total. The number of aromatic hydroxyl groups is 2. The van der Waals surface area contributed by atoms with Crippen molar-refractivity contribution in [3.63, 3.8) is 0 Å². The van der Waals surface area contributed by atoms with Gasteiger partial charge in [-0.3, -0.25) is 10.4 Å². The van der Waals surface area contributed by atoms with Crippen LogP contribution in [0.2, 0.25) is 0 Å². The second kappa shape index (κ2) is 9.18. The predicted octanol–water partition coefficient (Wildman–Crippen LogP) is 3.59. The lowest BCUT2D eigenvalue weighted by Crippen LogP contribution is -2.20. The van der Waals surface area contributed by atoms with E-state index < -0.39 is 0 Å². The molecule has 142 valence electrons. The molecule has 3 aromatic rings. The molecule has 28 heavy (non-hydrogen) atoms. The van der Waals surface area contributed by atoms with Gasteiger partial charge in [0.15, 0.2) is 5.84 Å². The Kier molecular flexibility index (Phi) is 6.20. The van der Waals surface area contributed by atoms with Crippen LogP contribution in [-0.4, -0.2) is 33.9 Å². The van der Waals surface area contributed by atoms with Crippen molar-refractivity contribution >= 4 is 17.7 Å². The second-order valence-corrected chi connectivity index (χ2v) is 5.72. The first-order valence-electron chi connectivity index (χ1n) is 8.69. The fourth-order valence-electron chi connectivity index (χ4n) is 2.36. The van der Waals surface area contributed by atoms with E-state index in [1.807, 2.05) is 49.4 Å². The predicted molar refractivity (Wildman–Crippen MR) is 109 cm³/mol. The Bertz CT molecular complexity index is 971. The van der Waals surface area contributed by atoms with Crippen LogP contribution < -0.4 is 10.2 Å². The highest BCUT2D eigenvalue weighted by Crippen LogP contribution is 2.21. The molecule has 3 N–H and O–H groups in total. The van der Waals surface area contributed by atoms with Crippen LogP contribution in [0.15, 0.2) is 77.0 Å². The Hall–Kier alpha value is -3.87. The van der Waals surface area contributed by atoms with E-state index in [0.29, 0.717) is 29.4 Å². The van der Waals surface area contributed by atoms with Crippen molar-refractivity contribution in [3.05, 3.63) is 78.1 Å². The van der Waals surface area contributed by atoms with Gasteiger partial charge in [0, 0.05) is 17.8 Å². The molecular weight excluding hydrogens is 356 g/mol. The van der Waals surface area contributed by atoms with Gasteiger partial charge in [-0.2, -0.15) is 5.10 Å². The van der Waals surface area contributed by atoms with Crippen LogP contribution in [-0.2, 0) is 0 Å². The minimum absolute atomic E-state index is 0.0196. The minimum Gasteiger partial charge on any atom is -0.508 e. The van der Waals surface area contributed by atoms with Crippen molar-refractivity contribution in [2.75, 3.05) is 6.61 Å². The summed E-state index contributed by atoms with van der Waals surface area (Å²) < 4.78 is 5.44. The Morgan fingerprint density at radius 2 is 1.93 bits per heavy atom. The van der Waals surface area contributed by atoms with Crippen LogP contribution in [0.4, 0.5) is 5.69 Å². The molecule has 0 radical (unpaired) electrons. The van der Waals surface area contributed by atoms with E-state index >= 15 is 0 Å². The van der Waals surface area contributed by atoms with E-state index in [0.717, 1.165) is 5.75 Å². The number of aromatic nitrogens is 1. The van der Waals surface area contributed by atoms with Gasteiger partial charge in [-0.05, 0) is 55.5 Å². The van der Waals surface area contributed by atoms with E-state index in [9.17, 15) is 10.2 Å². The first-order valence-corrected chi connectivity index (χ1v) is 8.69. The number of nitrogens with one attached hydrogen (secondary N) is 1.